The minimum absolute atomic E-state index is 0.0856. The highest BCUT2D eigenvalue weighted by Crippen LogP contribution is 2.25. The highest BCUT2D eigenvalue weighted by Gasteiger charge is 2.40. The van der Waals surface area contributed by atoms with Crippen LogP contribution >= 0.6 is 0 Å². The maximum absolute atomic E-state index is 12.5. The van der Waals surface area contributed by atoms with Gasteiger partial charge in [0.1, 0.15) is 11.4 Å². The second kappa shape index (κ2) is 5.09. The van der Waals surface area contributed by atoms with Crippen LogP contribution in [0.5, 0.6) is 0 Å². The standard InChI is InChI=1S/C12H12N4O5/c1-6(17)13-9-10(16-2-4-20-5-3-16)12(19)8-7(11(9)18)14-21-15-8/h2-5H2,1H3,(H,13,17). The van der Waals surface area contributed by atoms with Gasteiger partial charge in [-0.1, -0.05) is 0 Å². The van der Waals surface area contributed by atoms with Crippen LogP contribution in [0.1, 0.15) is 27.9 Å². The van der Waals surface area contributed by atoms with E-state index in [0.717, 1.165) is 0 Å². The fourth-order valence-electron chi connectivity index (χ4n) is 2.32. The summed E-state index contributed by atoms with van der Waals surface area (Å²) in [4.78, 5) is 37.9. The van der Waals surface area contributed by atoms with E-state index in [1.54, 1.807) is 4.90 Å². The van der Waals surface area contributed by atoms with Gasteiger partial charge in [-0.05, 0) is 10.3 Å². The average Bonchev–Trinajstić information content (AvgIpc) is 2.95. The van der Waals surface area contributed by atoms with Crippen LogP contribution in [0, 0.1) is 0 Å². The smallest absolute Gasteiger partial charge is 0.235 e. The molecule has 0 unspecified atom stereocenters. The second-order valence-corrected chi connectivity index (χ2v) is 4.62. The van der Waals surface area contributed by atoms with Crippen molar-refractivity contribution < 1.29 is 23.7 Å². The van der Waals surface area contributed by atoms with Crippen LogP contribution in [0.3, 0.4) is 0 Å². The number of allylic oxidation sites excluding steroid dienone is 2. The summed E-state index contributed by atoms with van der Waals surface area (Å²) in [6, 6.07) is 0. The topological polar surface area (TPSA) is 115 Å². The summed E-state index contributed by atoms with van der Waals surface area (Å²) in [6.45, 7) is 3.01. The van der Waals surface area contributed by atoms with Crippen LogP contribution in [0.4, 0.5) is 0 Å². The van der Waals surface area contributed by atoms with Crippen molar-refractivity contribution in [1.82, 2.24) is 20.5 Å². The summed E-state index contributed by atoms with van der Waals surface area (Å²) in [5.74, 6) is -1.52. The van der Waals surface area contributed by atoms with Gasteiger partial charge in [-0.3, -0.25) is 14.4 Å². The molecule has 1 aromatic rings. The van der Waals surface area contributed by atoms with E-state index in [9.17, 15) is 14.4 Å². The molecule has 2 aliphatic rings. The molecule has 1 fully saturated rings. The largest absolute Gasteiger partial charge is 0.378 e. The van der Waals surface area contributed by atoms with E-state index in [0.29, 0.717) is 26.3 Å². The first-order valence-corrected chi connectivity index (χ1v) is 6.36. The molecule has 2 heterocycles. The number of nitrogens with zero attached hydrogens (tertiary/aromatic N) is 3. The number of hydrogen-bond acceptors (Lipinski definition) is 8. The molecule has 1 amide bonds. The van der Waals surface area contributed by atoms with Gasteiger partial charge in [-0.2, -0.15) is 0 Å². The number of nitrogens with one attached hydrogen (secondary N) is 1. The minimum Gasteiger partial charge on any atom is -0.378 e. The van der Waals surface area contributed by atoms with Crippen LogP contribution in [0.25, 0.3) is 0 Å². The van der Waals surface area contributed by atoms with Gasteiger partial charge in [-0.15, -0.1) is 0 Å². The fraction of sp³-hybridized carbons (Fsp3) is 0.417. The van der Waals surface area contributed by atoms with Crippen LogP contribution in [0.2, 0.25) is 0 Å². The summed E-state index contributed by atoms with van der Waals surface area (Å²) < 4.78 is 9.70. The molecule has 110 valence electrons. The van der Waals surface area contributed by atoms with Gasteiger partial charge >= 0.3 is 0 Å². The quantitative estimate of drug-likeness (QED) is 0.748. The van der Waals surface area contributed by atoms with Gasteiger partial charge < -0.3 is 15.0 Å². The van der Waals surface area contributed by atoms with Crippen molar-refractivity contribution >= 4 is 17.5 Å². The molecule has 1 aliphatic heterocycles. The number of amides is 1. The molecule has 1 N–H and O–H groups in total. The Balaban J connectivity index is 2.09. The first kappa shape index (κ1) is 13.4. The maximum atomic E-state index is 12.5. The van der Waals surface area contributed by atoms with E-state index in [2.05, 4.69) is 20.3 Å². The molecule has 9 nitrogen and oxygen atoms in total. The molecular formula is C12H12N4O5. The van der Waals surface area contributed by atoms with E-state index in [-0.39, 0.29) is 22.8 Å². The third kappa shape index (κ3) is 2.21. The molecule has 3 rings (SSSR count). The van der Waals surface area contributed by atoms with Gasteiger partial charge in [0.05, 0.1) is 13.2 Å². The summed E-state index contributed by atoms with van der Waals surface area (Å²) in [6.07, 6.45) is 0. The van der Waals surface area contributed by atoms with E-state index >= 15 is 0 Å². The third-order valence-corrected chi connectivity index (χ3v) is 3.23. The van der Waals surface area contributed by atoms with Crippen LogP contribution in [0.15, 0.2) is 16.0 Å². The Bertz CT molecular complexity index is 656. The summed E-state index contributed by atoms with van der Waals surface area (Å²) in [7, 11) is 0. The third-order valence-electron chi connectivity index (χ3n) is 3.23. The van der Waals surface area contributed by atoms with E-state index in [4.69, 9.17) is 4.74 Å². The van der Waals surface area contributed by atoms with Gasteiger partial charge in [0.15, 0.2) is 11.4 Å². The zero-order valence-electron chi connectivity index (χ0n) is 11.2. The molecule has 1 aromatic heterocycles. The number of morpholine rings is 1. The Hall–Kier alpha value is -2.55. The summed E-state index contributed by atoms with van der Waals surface area (Å²) in [5, 5.41) is 9.34. The Labute approximate surface area is 118 Å². The average molecular weight is 292 g/mol. The SMILES string of the molecule is CC(=O)NC1=C(N2CCOCC2)C(=O)c2nonc2C1=O. The molecule has 0 atom stereocenters. The molecule has 0 aromatic carbocycles. The van der Waals surface area contributed by atoms with E-state index in [1.807, 2.05) is 0 Å². The molecule has 0 radical (unpaired) electrons. The van der Waals surface area contributed by atoms with Crippen molar-refractivity contribution in [3.63, 3.8) is 0 Å². The Morgan fingerprint density at radius 2 is 1.76 bits per heavy atom. The molecule has 21 heavy (non-hydrogen) atoms. The molecule has 0 bridgehead atoms. The summed E-state index contributed by atoms with van der Waals surface area (Å²) in [5.41, 5.74) is -0.282. The number of ether oxygens (including phenoxy) is 1. The number of hydrogen-bond donors (Lipinski definition) is 1. The van der Waals surface area contributed by atoms with Crippen molar-refractivity contribution in [2.45, 2.75) is 6.92 Å². The van der Waals surface area contributed by atoms with E-state index in [1.165, 1.54) is 6.92 Å². The Kier molecular flexibility index (Phi) is 3.26. The lowest BCUT2D eigenvalue weighted by molar-refractivity contribution is -0.118. The van der Waals surface area contributed by atoms with Crippen LogP contribution in [-0.2, 0) is 9.53 Å². The molecule has 1 saturated heterocycles. The molecular weight excluding hydrogens is 280 g/mol. The number of ketones is 2. The zero-order valence-corrected chi connectivity index (χ0v) is 11.2. The molecule has 1 aliphatic carbocycles. The lowest BCUT2D eigenvalue weighted by Gasteiger charge is -2.32. The van der Waals surface area contributed by atoms with Crippen molar-refractivity contribution in [1.29, 1.82) is 0 Å². The first-order valence-electron chi connectivity index (χ1n) is 6.36. The Morgan fingerprint density at radius 1 is 1.14 bits per heavy atom. The van der Waals surface area contributed by atoms with Gasteiger partial charge in [0, 0.05) is 20.0 Å². The number of Topliss-reactive ketones (excluding diaryl/α,β-unsaturated/α-hetero) is 2. The first-order chi connectivity index (χ1) is 10.1. The van der Waals surface area contributed by atoms with Crippen molar-refractivity contribution in [2.24, 2.45) is 0 Å². The Morgan fingerprint density at radius 3 is 2.38 bits per heavy atom. The normalized spacial score (nSPS) is 18.8. The number of fused-ring (bicyclic) bond motifs is 1. The van der Waals surface area contributed by atoms with Crippen molar-refractivity contribution in [2.75, 3.05) is 26.3 Å². The molecule has 0 saturated carbocycles. The number of carbonyl (C=O) groups is 3. The summed E-state index contributed by atoms with van der Waals surface area (Å²) >= 11 is 0. The predicted octanol–water partition coefficient (Wildman–Crippen LogP) is -0.871. The molecule has 0 spiro atoms. The van der Waals surface area contributed by atoms with Crippen molar-refractivity contribution in [3.05, 3.63) is 22.8 Å². The van der Waals surface area contributed by atoms with Crippen LogP contribution in [-0.4, -0.2) is 59.0 Å². The van der Waals surface area contributed by atoms with Gasteiger partial charge in [-0.25, -0.2) is 4.63 Å². The second-order valence-electron chi connectivity index (χ2n) is 4.62. The predicted molar refractivity (Wildman–Crippen MR) is 66.2 cm³/mol. The van der Waals surface area contributed by atoms with Crippen LogP contribution < -0.4 is 5.32 Å². The number of aromatic nitrogens is 2. The molecule has 9 heteroatoms. The lowest BCUT2D eigenvalue weighted by atomic mass is 9.97. The van der Waals surface area contributed by atoms with Gasteiger partial charge in [0.2, 0.25) is 17.5 Å². The van der Waals surface area contributed by atoms with Gasteiger partial charge in [0.25, 0.3) is 0 Å². The fourth-order valence-corrected chi connectivity index (χ4v) is 2.32. The number of carbonyl (C=O) groups excluding carboxylic acids is 3. The van der Waals surface area contributed by atoms with Crippen molar-refractivity contribution in [3.8, 4) is 0 Å². The van der Waals surface area contributed by atoms with E-state index < -0.39 is 17.5 Å². The maximum Gasteiger partial charge on any atom is 0.235 e. The monoisotopic (exact) mass is 292 g/mol. The highest BCUT2D eigenvalue weighted by atomic mass is 16.6. The number of rotatable bonds is 2. The minimum atomic E-state index is -0.581. The highest BCUT2D eigenvalue weighted by molar-refractivity contribution is 6.25. The lowest BCUT2D eigenvalue weighted by Crippen LogP contribution is -2.44. The zero-order chi connectivity index (χ0) is 15.0.